The van der Waals surface area contributed by atoms with E-state index in [4.69, 9.17) is 37.9 Å². The van der Waals surface area contributed by atoms with Gasteiger partial charge in [-0.3, -0.25) is 0 Å². The maximum Gasteiger partial charge on any atom is 0.292 e. The number of nitrogens with zero attached hydrogens (tertiary/aromatic N) is 8. The highest BCUT2D eigenvalue weighted by atomic mass is 32.2. The van der Waals surface area contributed by atoms with Crippen molar-refractivity contribution >= 4 is 9.84 Å². The molecule has 0 aromatic heterocycles. The minimum atomic E-state index is -5.69. The number of hydrogen-bond acceptors (Lipinski definition) is 18. The van der Waals surface area contributed by atoms with Crippen LogP contribution in [0.5, 0.6) is 46.0 Å². The molecule has 19 heteroatoms. The van der Waals surface area contributed by atoms with Crippen molar-refractivity contribution in [2.75, 3.05) is 0 Å². The molecule has 0 atom stereocenters. The molecule has 0 spiro atoms. The molecule has 4 aromatic rings. The van der Waals surface area contributed by atoms with Crippen LogP contribution < -0.4 is 37.9 Å². The van der Waals surface area contributed by atoms with Crippen LogP contribution in [0.3, 0.4) is 0 Å². The minimum absolute atomic E-state index is 0.0401. The lowest BCUT2D eigenvalue weighted by molar-refractivity contribution is 0.359. The molecule has 18 nitrogen and oxygen atoms in total. The molecule has 0 fully saturated rings. The molecule has 0 saturated heterocycles. The van der Waals surface area contributed by atoms with Gasteiger partial charge in [-0.05, 0) is 11.1 Å². The minimum Gasteiger partial charge on any atom is -0.387 e. The first kappa shape index (κ1) is 35.0. The van der Waals surface area contributed by atoms with Crippen molar-refractivity contribution in [3.05, 3.63) is 60.7 Å². The lowest BCUT2D eigenvalue weighted by atomic mass is 9.95. The topological polar surface area (TPSA) is 298 Å². The summed E-state index contributed by atoms with van der Waals surface area (Å²) in [6.07, 6.45) is 9.95. The van der Waals surface area contributed by atoms with Gasteiger partial charge in [-0.25, -0.2) is 8.42 Å². The molecule has 0 saturated carbocycles. The molecule has 51 heavy (non-hydrogen) atoms. The van der Waals surface area contributed by atoms with Gasteiger partial charge in [0.25, 0.3) is 50.0 Å². The highest BCUT2D eigenvalue weighted by Gasteiger charge is 2.44. The largest absolute Gasteiger partial charge is 0.387 e. The van der Waals surface area contributed by atoms with Gasteiger partial charge in [0.15, 0.2) is 16.4 Å². The van der Waals surface area contributed by atoms with Crippen molar-refractivity contribution in [3.63, 3.8) is 0 Å². The lowest BCUT2D eigenvalue weighted by Crippen LogP contribution is -2.14. The van der Waals surface area contributed by atoms with Gasteiger partial charge in [0.05, 0.1) is 5.56 Å². The third-order valence-electron chi connectivity index (χ3n) is 6.40. The summed E-state index contributed by atoms with van der Waals surface area (Å²) in [5.74, 6) is -8.31. The van der Waals surface area contributed by atoms with E-state index in [1.54, 1.807) is 12.1 Å². The normalized spacial score (nSPS) is 9.57. The fourth-order valence-electron chi connectivity index (χ4n) is 4.74. The van der Waals surface area contributed by atoms with Gasteiger partial charge in [0.1, 0.15) is 4.90 Å². The van der Waals surface area contributed by atoms with E-state index in [2.05, 4.69) is 0 Å². The lowest BCUT2D eigenvalue weighted by Gasteiger charge is -2.23. The van der Waals surface area contributed by atoms with Gasteiger partial charge in [-0.15, -0.1) is 42.1 Å². The van der Waals surface area contributed by atoms with E-state index >= 15 is 8.42 Å². The number of rotatable bonds is 12. The molecule has 0 aliphatic carbocycles. The summed E-state index contributed by atoms with van der Waals surface area (Å²) in [4.78, 5) is -2.58. The third kappa shape index (κ3) is 6.42. The standard InChI is InChI=1S/C32H10N8O10S/c33-11-43-23-21(19-7-3-1-4-8-19)24(44-12-34)28(48-16-38)31(22(23)20-9-5-2-6-10-20)51(41,42)32-29(49-17-39)26(46-14-36)25(45-13-35)27(47-15-37)30(32)50-18-40/h1-10H. The average molecular weight is 699 g/mol. The number of nitriles is 8. The molecule has 0 aliphatic heterocycles. The molecule has 0 heterocycles. The van der Waals surface area contributed by atoms with Crippen LogP contribution in [0.15, 0.2) is 70.5 Å². The van der Waals surface area contributed by atoms with Crippen LogP contribution in [0.1, 0.15) is 0 Å². The summed E-state index contributed by atoms with van der Waals surface area (Å²) < 4.78 is 70.3. The van der Waals surface area contributed by atoms with Crippen LogP contribution >= 0.6 is 0 Å². The Morgan fingerprint density at radius 1 is 0.353 bits per heavy atom. The van der Waals surface area contributed by atoms with E-state index in [1.807, 2.05) is 0 Å². The van der Waals surface area contributed by atoms with Gasteiger partial charge < -0.3 is 37.9 Å². The number of benzene rings is 4. The van der Waals surface area contributed by atoms with Gasteiger partial charge in [0, 0.05) is 5.56 Å². The van der Waals surface area contributed by atoms with E-state index in [-0.39, 0.29) is 16.7 Å². The first-order valence-electron chi connectivity index (χ1n) is 13.1. The summed E-state index contributed by atoms with van der Waals surface area (Å²) in [6, 6.07) is 14.8. The van der Waals surface area contributed by atoms with Crippen molar-refractivity contribution in [3.8, 4) is 118 Å². The van der Waals surface area contributed by atoms with Crippen molar-refractivity contribution in [1.29, 1.82) is 42.1 Å². The summed E-state index contributed by atoms with van der Waals surface area (Å²) in [5.41, 5.74) is -0.684. The monoisotopic (exact) mass is 698 g/mol. The Labute approximate surface area is 286 Å². The Morgan fingerprint density at radius 2 is 0.647 bits per heavy atom. The maximum absolute atomic E-state index is 15.2. The maximum atomic E-state index is 15.2. The van der Waals surface area contributed by atoms with Crippen LogP contribution in [0.2, 0.25) is 0 Å². The Hall–Kier alpha value is -8.85. The number of hydrogen-bond donors (Lipinski definition) is 0. The zero-order valence-corrected chi connectivity index (χ0v) is 25.7. The quantitative estimate of drug-likeness (QED) is 0.180. The van der Waals surface area contributed by atoms with Crippen molar-refractivity contribution in [1.82, 2.24) is 0 Å². The Bertz CT molecular complexity index is 2430. The summed E-state index contributed by atoms with van der Waals surface area (Å²) >= 11 is 0. The van der Waals surface area contributed by atoms with E-state index in [0.717, 1.165) is 12.5 Å². The zero-order valence-electron chi connectivity index (χ0n) is 24.8. The predicted octanol–water partition coefficient (Wildman–Crippen LogP) is 4.73. The highest BCUT2D eigenvalue weighted by molar-refractivity contribution is 7.92. The molecule has 0 unspecified atom stereocenters. The first-order chi connectivity index (χ1) is 24.8. The van der Waals surface area contributed by atoms with Gasteiger partial charge in [-0.2, -0.15) is 0 Å². The van der Waals surface area contributed by atoms with E-state index in [0.29, 0.717) is 0 Å². The fourth-order valence-corrected chi connectivity index (χ4v) is 6.56. The molecule has 0 amide bonds. The van der Waals surface area contributed by atoms with Crippen molar-refractivity contribution < 1.29 is 46.3 Å². The van der Waals surface area contributed by atoms with E-state index < -0.39 is 71.2 Å². The number of sulfone groups is 1. The molecule has 0 radical (unpaired) electrons. The number of ether oxygens (including phenoxy) is 8. The Balaban J connectivity index is 2.47. The first-order valence-corrected chi connectivity index (χ1v) is 14.6. The second kappa shape index (κ2) is 15.6. The van der Waals surface area contributed by atoms with Crippen LogP contribution in [0.4, 0.5) is 0 Å². The van der Waals surface area contributed by atoms with Crippen LogP contribution in [-0.2, 0) is 9.84 Å². The third-order valence-corrected chi connectivity index (χ3v) is 8.24. The van der Waals surface area contributed by atoms with Crippen LogP contribution in [0, 0.1) is 92.1 Å². The van der Waals surface area contributed by atoms with E-state index in [1.165, 1.54) is 86.1 Å². The summed E-state index contributed by atoms with van der Waals surface area (Å²) in [5, 5.41) is 76.5. The second-order valence-electron chi connectivity index (χ2n) is 8.82. The van der Waals surface area contributed by atoms with E-state index in [9.17, 15) is 42.1 Å². The Morgan fingerprint density at radius 3 is 1.04 bits per heavy atom. The molecule has 0 N–H and O–H groups in total. The average Bonchev–Trinajstić information content (AvgIpc) is 3.13. The highest BCUT2D eigenvalue weighted by Crippen LogP contribution is 2.61. The Kier molecular flexibility index (Phi) is 10.7. The zero-order chi connectivity index (χ0) is 37.0. The SMILES string of the molecule is N#COc1c(OC#N)c(OC#N)c(S(=O)(=O)c2c(OC#N)c(OC#N)c(-c3ccccc3)c(OC#N)c2-c2ccccc2)c(OC#N)c1OC#N. The summed E-state index contributed by atoms with van der Waals surface area (Å²) in [7, 11) is -5.69. The summed E-state index contributed by atoms with van der Waals surface area (Å²) in [6.45, 7) is 0. The van der Waals surface area contributed by atoms with Gasteiger partial charge >= 0.3 is 0 Å². The van der Waals surface area contributed by atoms with Crippen molar-refractivity contribution in [2.45, 2.75) is 9.79 Å². The molecule has 0 bridgehead atoms. The molecule has 0 aliphatic rings. The molecular formula is C32H10N8O10S. The molecule has 4 aromatic carbocycles. The van der Waals surface area contributed by atoms with Crippen LogP contribution in [0.25, 0.3) is 22.3 Å². The van der Waals surface area contributed by atoms with Gasteiger partial charge in [0.2, 0.25) is 44.3 Å². The van der Waals surface area contributed by atoms with Gasteiger partial charge in [-0.1, -0.05) is 60.7 Å². The smallest absolute Gasteiger partial charge is 0.292 e. The van der Waals surface area contributed by atoms with Crippen LogP contribution in [-0.4, -0.2) is 8.42 Å². The molecular weight excluding hydrogens is 688 g/mol. The van der Waals surface area contributed by atoms with Crippen molar-refractivity contribution in [2.24, 2.45) is 0 Å². The second-order valence-corrected chi connectivity index (χ2v) is 10.6. The molecule has 244 valence electrons. The predicted molar refractivity (Wildman–Crippen MR) is 159 cm³/mol. The molecule has 4 rings (SSSR count). The fraction of sp³-hybridized carbons (Fsp3) is 0.